The van der Waals surface area contributed by atoms with E-state index in [1.165, 1.54) is 6.33 Å². The average molecular weight is 391 g/mol. The fourth-order valence-corrected chi connectivity index (χ4v) is 3.52. The molecule has 0 unspecified atom stereocenters. The highest BCUT2D eigenvalue weighted by molar-refractivity contribution is 6.05. The Hall–Kier alpha value is -3.75. The fraction of sp³-hybridized carbons (Fsp3) is 0.250. The van der Waals surface area contributed by atoms with Gasteiger partial charge in [0, 0.05) is 18.2 Å². The van der Waals surface area contributed by atoms with Gasteiger partial charge >= 0.3 is 0 Å². The normalized spacial score (nSPS) is 16.0. The lowest BCUT2D eigenvalue weighted by atomic mass is 10.1. The topological polar surface area (TPSA) is 105 Å². The SMILES string of the molecule is Cc1cc(NCC(=O)N2c3ccccc3NC(=O)C[C@H]2C)ccc1-n1cnnn1. The Kier molecular flexibility index (Phi) is 4.94. The molecule has 29 heavy (non-hydrogen) atoms. The third-order valence-electron chi connectivity index (χ3n) is 4.86. The van der Waals surface area contributed by atoms with E-state index in [4.69, 9.17) is 0 Å². The number of nitrogens with zero attached hydrogens (tertiary/aromatic N) is 5. The van der Waals surface area contributed by atoms with Crippen molar-refractivity contribution in [2.24, 2.45) is 0 Å². The fourth-order valence-electron chi connectivity index (χ4n) is 3.52. The molecule has 148 valence electrons. The van der Waals surface area contributed by atoms with E-state index < -0.39 is 0 Å². The predicted molar refractivity (Wildman–Crippen MR) is 109 cm³/mol. The molecule has 4 rings (SSSR count). The molecule has 9 heteroatoms. The number of anilines is 3. The van der Waals surface area contributed by atoms with Crippen molar-refractivity contribution in [2.75, 3.05) is 22.1 Å². The van der Waals surface area contributed by atoms with Crippen LogP contribution in [0.3, 0.4) is 0 Å². The second-order valence-corrected chi connectivity index (χ2v) is 6.99. The van der Waals surface area contributed by atoms with Gasteiger partial charge < -0.3 is 15.5 Å². The lowest BCUT2D eigenvalue weighted by Crippen LogP contribution is -2.42. The molecule has 1 aromatic heterocycles. The smallest absolute Gasteiger partial charge is 0.246 e. The molecule has 1 atom stereocenters. The number of para-hydroxylation sites is 2. The number of amides is 2. The Morgan fingerprint density at radius 2 is 2.07 bits per heavy atom. The van der Waals surface area contributed by atoms with E-state index in [9.17, 15) is 9.59 Å². The molecule has 2 N–H and O–H groups in total. The van der Waals surface area contributed by atoms with Crippen LogP contribution in [0.5, 0.6) is 0 Å². The van der Waals surface area contributed by atoms with E-state index in [0.717, 1.165) is 16.9 Å². The number of hydrogen-bond donors (Lipinski definition) is 2. The summed E-state index contributed by atoms with van der Waals surface area (Å²) in [5, 5.41) is 17.2. The second-order valence-electron chi connectivity index (χ2n) is 6.99. The summed E-state index contributed by atoms with van der Waals surface area (Å²) in [6, 6.07) is 12.8. The zero-order chi connectivity index (χ0) is 20.4. The summed E-state index contributed by atoms with van der Waals surface area (Å²) in [6.07, 6.45) is 1.78. The van der Waals surface area contributed by atoms with Crippen LogP contribution in [0, 0.1) is 6.92 Å². The first-order chi connectivity index (χ1) is 14.0. The molecule has 0 radical (unpaired) electrons. The Balaban J connectivity index is 1.51. The van der Waals surface area contributed by atoms with Crippen molar-refractivity contribution in [1.29, 1.82) is 0 Å². The van der Waals surface area contributed by atoms with Gasteiger partial charge in [0.05, 0.1) is 23.6 Å². The molecule has 0 aliphatic carbocycles. The summed E-state index contributed by atoms with van der Waals surface area (Å²) in [4.78, 5) is 26.8. The largest absolute Gasteiger partial charge is 0.376 e. The number of carbonyl (C=O) groups is 2. The minimum Gasteiger partial charge on any atom is -0.376 e. The molecule has 0 bridgehead atoms. The van der Waals surface area contributed by atoms with Gasteiger partial charge in [-0.3, -0.25) is 9.59 Å². The molecular weight excluding hydrogens is 370 g/mol. The molecule has 0 fully saturated rings. The zero-order valence-electron chi connectivity index (χ0n) is 16.2. The molecule has 1 aliphatic heterocycles. The van der Waals surface area contributed by atoms with E-state index in [0.29, 0.717) is 11.4 Å². The molecule has 0 spiro atoms. The average Bonchev–Trinajstić information content (AvgIpc) is 3.18. The number of nitrogens with one attached hydrogen (secondary N) is 2. The van der Waals surface area contributed by atoms with Crippen molar-refractivity contribution >= 4 is 28.9 Å². The van der Waals surface area contributed by atoms with Crippen LogP contribution in [0.15, 0.2) is 48.8 Å². The van der Waals surface area contributed by atoms with Gasteiger partial charge in [0.25, 0.3) is 0 Å². The summed E-state index contributed by atoms with van der Waals surface area (Å²) in [6.45, 7) is 3.94. The van der Waals surface area contributed by atoms with E-state index >= 15 is 0 Å². The van der Waals surface area contributed by atoms with Crippen LogP contribution in [0.4, 0.5) is 17.1 Å². The van der Waals surface area contributed by atoms with E-state index in [1.54, 1.807) is 15.6 Å². The van der Waals surface area contributed by atoms with Crippen molar-refractivity contribution in [3.63, 3.8) is 0 Å². The zero-order valence-corrected chi connectivity index (χ0v) is 16.2. The van der Waals surface area contributed by atoms with Gasteiger partial charge in [-0.2, -0.15) is 0 Å². The van der Waals surface area contributed by atoms with Gasteiger partial charge in [0.2, 0.25) is 11.8 Å². The van der Waals surface area contributed by atoms with Crippen molar-refractivity contribution in [1.82, 2.24) is 20.2 Å². The lowest BCUT2D eigenvalue weighted by molar-refractivity contribution is -0.118. The minimum atomic E-state index is -0.239. The molecule has 2 aromatic carbocycles. The Bertz CT molecular complexity index is 1050. The van der Waals surface area contributed by atoms with Gasteiger partial charge in [0.1, 0.15) is 6.33 Å². The lowest BCUT2D eigenvalue weighted by Gasteiger charge is -2.28. The summed E-state index contributed by atoms with van der Waals surface area (Å²) in [7, 11) is 0. The number of benzene rings is 2. The second kappa shape index (κ2) is 7.70. The van der Waals surface area contributed by atoms with Crippen LogP contribution in [0.1, 0.15) is 18.9 Å². The maximum atomic E-state index is 13.0. The summed E-state index contributed by atoms with van der Waals surface area (Å²) >= 11 is 0. The van der Waals surface area contributed by atoms with Crippen molar-refractivity contribution < 1.29 is 9.59 Å². The highest BCUT2D eigenvalue weighted by atomic mass is 16.2. The highest BCUT2D eigenvalue weighted by Crippen LogP contribution is 2.31. The number of aromatic nitrogens is 4. The molecule has 2 amide bonds. The monoisotopic (exact) mass is 391 g/mol. The Morgan fingerprint density at radius 3 is 2.83 bits per heavy atom. The number of rotatable bonds is 4. The third-order valence-corrected chi connectivity index (χ3v) is 4.86. The maximum Gasteiger partial charge on any atom is 0.246 e. The summed E-state index contributed by atoms with van der Waals surface area (Å²) in [5.41, 5.74) is 4.02. The van der Waals surface area contributed by atoms with Crippen LogP contribution in [-0.4, -0.2) is 44.6 Å². The molecule has 9 nitrogen and oxygen atoms in total. The molecule has 0 saturated heterocycles. The molecular formula is C20H21N7O2. The van der Waals surface area contributed by atoms with E-state index in [1.807, 2.05) is 50.2 Å². The maximum absolute atomic E-state index is 13.0. The first-order valence-corrected chi connectivity index (χ1v) is 9.32. The van der Waals surface area contributed by atoms with Crippen LogP contribution in [-0.2, 0) is 9.59 Å². The minimum absolute atomic E-state index is 0.0953. The van der Waals surface area contributed by atoms with Crippen LogP contribution in [0.25, 0.3) is 5.69 Å². The summed E-state index contributed by atoms with van der Waals surface area (Å²) in [5.74, 6) is -0.203. The van der Waals surface area contributed by atoms with Crippen LogP contribution in [0.2, 0.25) is 0 Å². The van der Waals surface area contributed by atoms with Crippen LogP contribution >= 0.6 is 0 Å². The van der Waals surface area contributed by atoms with Gasteiger partial charge in [-0.15, -0.1) is 5.10 Å². The first-order valence-electron chi connectivity index (χ1n) is 9.32. The molecule has 3 aromatic rings. The first kappa shape index (κ1) is 18.6. The number of tetrazole rings is 1. The number of hydrogen-bond acceptors (Lipinski definition) is 6. The predicted octanol–water partition coefficient (Wildman–Crippen LogP) is 2.15. The molecule has 2 heterocycles. The van der Waals surface area contributed by atoms with Gasteiger partial charge in [-0.1, -0.05) is 12.1 Å². The van der Waals surface area contributed by atoms with Crippen molar-refractivity contribution in [3.05, 3.63) is 54.4 Å². The Labute approximate surface area is 167 Å². The van der Waals surface area contributed by atoms with Crippen molar-refractivity contribution in [3.8, 4) is 5.69 Å². The van der Waals surface area contributed by atoms with Gasteiger partial charge in [0.15, 0.2) is 0 Å². The molecule has 1 aliphatic rings. The Morgan fingerprint density at radius 1 is 1.24 bits per heavy atom. The van der Waals surface area contributed by atoms with Crippen molar-refractivity contribution in [2.45, 2.75) is 26.3 Å². The van der Waals surface area contributed by atoms with Gasteiger partial charge in [-0.05, 0) is 60.2 Å². The summed E-state index contributed by atoms with van der Waals surface area (Å²) < 4.78 is 1.59. The third kappa shape index (κ3) is 3.79. The molecule has 0 saturated carbocycles. The number of fused-ring (bicyclic) bond motifs is 1. The highest BCUT2D eigenvalue weighted by Gasteiger charge is 2.29. The quantitative estimate of drug-likeness (QED) is 0.706. The number of aryl methyl sites for hydroxylation is 1. The van der Waals surface area contributed by atoms with Crippen LogP contribution < -0.4 is 15.5 Å². The van der Waals surface area contributed by atoms with Gasteiger partial charge in [-0.25, -0.2) is 4.68 Å². The van der Waals surface area contributed by atoms with E-state index in [-0.39, 0.29) is 30.8 Å². The number of carbonyl (C=O) groups excluding carboxylic acids is 2. The van der Waals surface area contributed by atoms with E-state index in [2.05, 4.69) is 26.2 Å². The standard InChI is InChI=1S/C20H21N7O2/c1-13-9-15(7-8-17(13)26-12-22-24-25-26)21-11-20(29)27-14(2)10-19(28)23-16-5-3-4-6-18(16)27/h3-9,12,14,21H,10-11H2,1-2H3,(H,23,28)/t14-/m1/s1.